The molecule has 0 saturated carbocycles. The van der Waals surface area contributed by atoms with Crippen molar-refractivity contribution in [3.8, 4) is 0 Å². The third-order valence-corrected chi connectivity index (χ3v) is 5.62. The number of hydrogen-bond donors (Lipinski definition) is 1. The first-order valence-electron chi connectivity index (χ1n) is 7.37. The summed E-state index contributed by atoms with van der Waals surface area (Å²) in [5.74, 6) is 1.51. The van der Waals surface area contributed by atoms with Crippen LogP contribution < -0.4 is 5.32 Å². The van der Waals surface area contributed by atoms with Crippen molar-refractivity contribution in [1.29, 1.82) is 0 Å². The summed E-state index contributed by atoms with van der Waals surface area (Å²) >= 11 is 0. The fraction of sp³-hybridized carbons (Fsp3) is 0.733. The average Bonchev–Trinajstić information content (AvgIpc) is 2.92. The van der Waals surface area contributed by atoms with E-state index >= 15 is 0 Å². The van der Waals surface area contributed by atoms with Crippen LogP contribution in [0.15, 0.2) is 16.7 Å². The van der Waals surface area contributed by atoms with Gasteiger partial charge in [0, 0.05) is 23.7 Å². The predicted molar refractivity (Wildman–Crippen MR) is 83.8 cm³/mol. The summed E-state index contributed by atoms with van der Waals surface area (Å²) in [5.41, 5.74) is 1.16. The van der Waals surface area contributed by atoms with Gasteiger partial charge >= 0.3 is 0 Å². The molecule has 1 saturated heterocycles. The second-order valence-corrected chi connectivity index (χ2v) is 9.17. The van der Waals surface area contributed by atoms with Crippen molar-refractivity contribution >= 4 is 9.84 Å². The van der Waals surface area contributed by atoms with Crippen LogP contribution in [0.2, 0.25) is 0 Å². The number of nitrogens with one attached hydrogen (secondary N) is 1. The smallest absolute Gasteiger partial charge is 0.151 e. The van der Waals surface area contributed by atoms with Crippen molar-refractivity contribution in [3.05, 3.63) is 23.7 Å². The second kappa shape index (κ2) is 6.10. The van der Waals surface area contributed by atoms with E-state index in [2.05, 4.69) is 31.0 Å². The minimum atomic E-state index is -2.84. The van der Waals surface area contributed by atoms with Gasteiger partial charge in [-0.1, -0.05) is 0 Å². The zero-order chi connectivity index (χ0) is 15.7. The summed E-state index contributed by atoms with van der Waals surface area (Å²) in [7, 11) is -0.851. The van der Waals surface area contributed by atoms with Crippen LogP contribution in [0, 0.1) is 0 Å². The number of rotatable bonds is 5. The van der Waals surface area contributed by atoms with Gasteiger partial charge in [0.25, 0.3) is 0 Å². The van der Waals surface area contributed by atoms with Crippen LogP contribution in [-0.4, -0.2) is 43.5 Å². The van der Waals surface area contributed by atoms with Crippen LogP contribution in [0.4, 0.5) is 0 Å². The van der Waals surface area contributed by atoms with Crippen molar-refractivity contribution < 1.29 is 12.8 Å². The van der Waals surface area contributed by atoms with E-state index in [9.17, 15) is 8.42 Å². The van der Waals surface area contributed by atoms with E-state index in [4.69, 9.17) is 4.42 Å². The Bertz CT molecular complexity index is 572. The molecule has 1 N–H and O–H groups in total. The highest BCUT2D eigenvalue weighted by atomic mass is 32.2. The molecule has 120 valence electrons. The van der Waals surface area contributed by atoms with Gasteiger partial charge in [-0.05, 0) is 40.3 Å². The molecule has 2 rings (SSSR count). The zero-order valence-electron chi connectivity index (χ0n) is 13.3. The van der Waals surface area contributed by atoms with Gasteiger partial charge in [-0.3, -0.25) is 4.90 Å². The lowest BCUT2D eigenvalue weighted by atomic mass is 10.1. The van der Waals surface area contributed by atoms with Crippen molar-refractivity contribution in [1.82, 2.24) is 10.2 Å². The van der Waals surface area contributed by atoms with Crippen LogP contribution in [0.3, 0.4) is 0 Å². The molecule has 0 bridgehead atoms. The van der Waals surface area contributed by atoms with Crippen LogP contribution in [-0.2, 0) is 22.9 Å². The molecule has 5 nitrogen and oxygen atoms in total. The minimum absolute atomic E-state index is 0.0372. The minimum Gasteiger partial charge on any atom is -0.468 e. The summed E-state index contributed by atoms with van der Waals surface area (Å²) in [5, 5.41) is 3.41. The molecule has 1 aromatic rings. The van der Waals surface area contributed by atoms with Crippen LogP contribution in [0.5, 0.6) is 0 Å². The maximum Gasteiger partial charge on any atom is 0.151 e. The van der Waals surface area contributed by atoms with Crippen molar-refractivity contribution in [2.45, 2.75) is 51.9 Å². The Labute approximate surface area is 127 Å². The molecule has 1 fully saturated rings. The van der Waals surface area contributed by atoms with E-state index in [0.29, 0.717) is 12.3 Å². The van der Waals surface area contributed by atoms with E-state index in [-0.39, 0.29) is 17.3 Å². The highest BCUT2D eigenvalue weighted by molar-refractivity contribution is 7.91. The molecule has 1 unspecified atom stereocenters. The molecule has 0 radical (unpaired) electrons. The number of hydrogen-bond acceptors (Lipinski definition) is 5. The second-order valence-electron chi connectivity index (χ2n) is 6.94. The molecule has 0 amide bonds. The SMILES string of the molecule is CN(Cc1ccoc1CNC(C)(C)C)C1CCS(=O)(=O)C1. The van der Waals surface area contributed by atoms with Gasteiger partial charge in [0.1, 0.15) is 5.76 Å². The molecule has 0 aliphatic carbocycles. The van der Waals surface area contributed by atoms with Gasteiger partial charge < -0.3 is 9.73 Å². The fourth-order valence-corrected chi connectivity index (χ4v) is 4.33. The normalized spacial score (nSPS) is 22.0. The topological polar surface area (TPSA) is 62.6 Å². The lowest BCUT2D eigenvalue weighted by Gasteiger charge is -2.24. The Hall–Kier alpha value is -0.850. The van der Waals surface area contributed by atoms with E-state index < -0.39 is 9.84 Å². The number of nitrogens with zero attached hydrogens (tertiary/aromatic N) is 1. The van der Waals surface area contributed by atoms with E-state index in [1.54, 1.807) is 6.26 Å². The largest absolute Gasteiger partial charge is 0.468 e. The highest BCUT2D eigenvalue weighted by Gasteiger charge is 2.30. The molecule has 1 aliphatic heterocycles. The molecule has 1 aliphatic rings. The first-order chi connectivity index (χ1) is 9.66. The zero-order valence-corrected chi connectivity index (χ0v) is 14.2. The maximum absolute atomic E-state index is 11.6. The molecule has 6 heteroatoms. The Morgan fingerprint density at radius 2 is 2.14 bits per heavy atom. The molecule has 1 atom stereocenters. The lowest BCUT2D eigenvalue weighted by Crippen LogP contribution is -2.36. The lowest BCUT2D eigenvalue weighted by molar-refractivity contribution is 0.251. The van der Waals surface area contributed by atoms with Gasteiger partial charge in [0.05, 0.1) is 24.3 Å². The quantitative estimate of drug-likeness (QED) is 0.898. The van der Waals surface area contributed by atoms with E-state index in [1.807, 2.05) is 13.1 Å². The Balaban J connectivity index is 1.96. The average molecular weight is 314 g/mol. The van der Waals surface area contributed by atoms with Crippen molar-refractivity contribution in [2.24, 2.45) is 0 Å². The molecular weight excluding hydrogens is 288 g/mol. The third-order valence-electron chi connectivity index (χ3n) is 3.87. The Morgan fingerprint density at radius 1 is 1.43 bits per heavy atom. The Morgan fingerprint density at radius 3 is 2.71 bits per heavy atom. The number of sulfone groups is 1. The van der Waals surface area contributed by atoms with Gasteiger partial charge in [-0.2, -0.15) is 0 Å². The van der Waals surface area contributed by atoms with Crippen LogP contribution in [0.25, 0.3) is 0 Å². The Kier molecular flexibility index (Phi) is 4.80. The first-order valence-corrected chi connectivity index (χ1v) is 9.19. The highest BCUT2D eigenvalue weighted by Crippen LogP contribution is 2.20. The molecule has 0 spiro atoms. The van der Waals surface area contributed by atoms with Gasteiger partial charge in [0.15, 0.2) is 9.84 Å². The predicted octanol–water partition coefficient (Wildman–Crippen LogP) is 1.79. The van der Waals surface area contributed by atoms with Crippen molar-refractivity contribution in [2.75, 3.05) is 18.6 Å². The van der Waals surface area contributed by atoms with Crippen LogP contribution >= 0.6 is 0 Å². The summed E-state index contributed by atoms with van der Waals surface area (Å²) in [6.07, 6.45) is 2.43. The summed E-state index contributed by atoms with van der Waals surface area (Å²) in [6, 6.07) is 2.09. The molecule has 0 aromatic carbocycles. The van der Waals surface area contributed by atoms with Crippen molar-refractivity contribution in [3.63, 3.8) is 0 Å². The molecule has 1 aromatic heterocycles. The molecular formula is C15H26N2O3S. The third kappa shape index (κ3) is 4.83. The van der Waals surface area contributed by atoms with E-state index in [1.165, 1.54) is 0 Å². The monoisotopic (exact) mass is 314 g/mol. The van der Waals surface area contributed by atoms with Gasteiger partial charge in [-0.25, -0.2) is 8.42 Å². The standard InChI is InChI=1S/C15H26N2O3S/c1-15(2,3)16-9-14-12(5-7-20-14)10-17(4)13-6-8-21(18,19)11-13/h5,7,13,16H,6,8-11H2,1-4H3. The number of furan rings is 1. The fourth-order valence-electron chi connectivity index (χ4n) is 2.53. The molecule has 2 heterocycles. The van der Waals surface area contributed by atoms with Gasteiger partial charge in [-0.15, -0.1) is 0 Å². The van der Waals surface area contributed by atoms with Crippen LogP contribution in [0.1, 0.15) is 38.5 Å². The first kappa shape index (κ1) is 16.5. The van der Waals surface area contributed by atoms with E-state index in [0.717, 1.165) is 24.3 Å². The summed E-state index contributed by atoms with van der Waals surface area (Å²) in [6.45, 7) is 7.75. The summed E-state index contributed by atoms with van der Waals surface area (Å²) in [4.78, 5) is 2.12. The maximum atomic E-state index is 11.6. The van der Waals surface area contributed by atoms with Gasteiger partial charge in [0.2, 0.25) is 0 Å². The molecule has 21 heavy (non-hydrogen) atoms. The summed E-state index contributed by atoms with van der Waals surface area (Å²) < 4.78 is 28.7.